The number of aromatic nitrogens is 1. The normalized spacial score (nSPS) is 18.3. The third-order valence-corrected chi connectivity index (χ3v) is 6.76. The van der Waals surface area contributed by atoms with E-state index in [9.17, 15) is 14.7 Å². The van der Waals surface area contributed by atoms with Crippen LogP contribution in [0.2, 0.25) is 0 Å². The predicted octanol–water partition coefficient (Wildman–Crippen LogP) is 4.65. The van der Waals surface area contributed by atoms with Gasteiger partial charge in [-0.3, -0.25) is 14.2 Å². The van der Waals surface area contributed by atoms with Crippen molar-refractivity contribution in [2.24, 2.45) is 5.92 Å². The van der Waals surface area contributed by atoms with Gasteiger partial charge in [-0.25, -0.2) is 0 Å². The second-order valence-corrected chi connectivity index (χ2v) is 9.74. The third-order valence-electron chi connectivity index (χ3n) is 6.76. The maximum atomic E-state index is 13.8. The highest BCUT2D eigenvalue weighted by Gasteiger charge is 2.52. The van der Waals surface area contributed by atoms with Gasteiger partial charge in [0.05, 0.1) is 12.8 Å². The van der Waals surface area contributed by atoms with Gasteiger partial charge < -0.3 is 19.8 Å². The number of anilines is 1. The molecule has 0 radical (unpaired) electrons. The lowest BCUT2D eigenvalue weighted by atomic mass is 9.82. The van der Waals surface area contributed by atoms with Gasteiger partial charge >= 0.3 is 0 Å². The molecule has 2 N–H and O–H groups in total. The topological polar surface area (TPSA) is 92.0 Å². The summed E-state index contributed by atoms with van der Waals surface area (Å²) in [7, 11) is 1.44. The molecule has 0 bridgehead atoms. The molecular weight excluding hydrogens is 468 g/mol. The van der Waals surface area contributed by atoms with Crippen LogP contribution >= 0.6 is 0 Å². The number of benzene rings is 1. The number of hydrogen-bond acceptors (Lipinski definition) is 5. The minimum absolute atomic E-state index is 0.0158. The van der Waals surface area contributed by atoms with Crippen LogP contribution in [0.1, 0.15) is 52.5 Å². The van der Waals surface area contributed by atoms with Crippen molar-refractivity contribution < 1.29 is 19.7 Å². The number of ether oxygens (including phenoxy) is 1. The van der Waals surface area contributed by atoms with Crippen molar-refractivity contribution in [3.05, 3.63) is 87.9 Å². The van der Waals surface area contributed by atoms with E-state index in [-0.39, 0.29) is 17.9 Å². The second-order valence-electron chi connectivity index (χ2n) is 9.74. The number of fused-ring (bicyclic) bond motifs is 1. The van der Waals surface area contributed by atoms with Crippen molar-refractivity contribution in [2.75, 3.05) is 25.2 Å². The van der Waals surface area contributed by atoms with E-state index >= 15 is 0 Å². The molecule has 1 aromatic carbocycles. The van der Waals surface area contributed by atoms with E-state index in [4.69, 9.17) is 9.84 Å². The smallest absolute Gasteiger partial charge is 0.297 e. The maximum absolute atomic E-state index is 13.8. The van der Waals surface area contributed by atoms with Crippen LogP contribution in [0.4, 0.5) is 5.69 Å². The van der Waals surface area contributed by atoms with Crippen molar-refractivity contribution in [1.82, 2.24) is 4.57 Å². The molecule has 1 aliphatic heterocycles. The maximum Gasteiger partial charge on any atom is 0.297 e. The third kappa shape index (κ3) is 5.95. The van der Waals surface area contributed by atoms with Gasteiger partial charge in [0, 0.05) is 36.5 Å². The van der Waals surface area contributed by atoms with Crippen LogP contribution in [0.3, 0.4) is 0 Å². The number of pyridine rings is 1. The number of methoxy groups -OCH3 is 1. The fraction of sp³-hybridized carbons (Fsp3) is 0.400. The summed E-state index contributed by atoms with van der Waals surface area (Å²) in [5.41, 5.74) is 1.87. The van der Waals surface area contributed by atoms with Crippen molar-refractivity contribution in [3.63, 3.8) is 0 Å². The molecular formula is C30H38N2O5. The zero-order chi connectivity index (χ0) is 27.2. The number of aliphatic hydroxyl groups excluding tert-OH is 1. The fourth-order valence-electron chi connectivity index (χ4n) is 4.55. The lowest BCUT2D eigenvalue weighted by Gasteiger charge is -2.27. The second kappa shape index (κ2) is 12.2. The minimum atomic E-state index is -1.82. The molecule has 0 aliphatic carbocycles. The average molecular weight is 507 g/mol. The standard InChI is InChI=1S/C30H38N2O5/c1-21(2)10-8-11-22(3)16-18-32-26-15-14-24(31-17-9-13-27(37-5)28(31)34)20-25(26)30(36,29(32)35)23(4)12-6-7-19-33/h6,9-10,12-17,20,23,33,36H,7-8,11,18-19H2,1-5H3/b12-6+,22-16+/t23-,30+/m1/s1. The number of allylic oxidation sites excluding steroid dienone is 3. The summed E-state index contributed by atoms with van der Waals surface area (Å²) in [6.45, 7) is 8.29. The Bertz CT molecular complexity index is 1270. The Morgan fingerprint density at radius 3 is 2.57 bits per heavy atom. The molecule has 7 heteroatoms. The SMILES string of the molecule is COc1cccn(-c2ccc3c(c2)[C@@](O)([C@H](C)/C=C/CCO)C(=O)N3C/C=C(\C)CCC=C(C)C)c1=O. The Balaban J connectivity index is 2.05. The molecule has 1 aliphatic rings. The zero-order valence-corrected chi connectivity index (χ0v) is 22.4. The van der Waals surface area contributed by atoms with Gasteiger partial charge in [-0.15, -0.1) is 0 Å². The number of amides is 1. The number of carbonyl (C=O) groups is 1. The number of nitrogens with zero attached hydrogens (tertiary/aromatic N) is 2. The average Bonchev–Trinajstić information content (AvgIpc) is 3.09. The first-order chi connectivity index (χ1) is 17.6. The highest BCUT2D eigenvalue weighted by Crippen LogP contribution is 2.46. The summed E-state index contributed by atoms with van der Waals surface area (Å²) < 4.78 is 6.62. The van der Waals surface area contributed by atoms with Crippen LogP contribution in [-0.4, -0.2) is 40.9 Å². The van der Waals surface area contributed by atoms with Crippen LogP contribution < -0.4 is 15.2 Å². The summed E-state index contributed by atoms with van der Waals surface area (Å²) >= 11 is 0. The Hall–Kier alpha value is -3.42. The van der Waals surface area contributed by atoms with E-state index in [1.807, 2.05) is 13.0 Å². The monoisotopic (exact) mass is 506 g/mol. The summed E-state index contributed by atoms with van der Waals surface area (Å²) in [4.78, 5) is 28.2. The largest absolute Gasteiger partial charge is 0.491 e. The molecule has 2 heterocycles. The molecule has 0 saturated carbocycles. The molecule has 0 saturated heterocycles. The highest BCUT2D eigenvalue weighted by atomic mass is 16.5. The first kappa shape index (κ1) is 28.2. The van der Waals surface area contributed by atoms with E-state index in [2.05, 4.69) is 19.9 Å². The molecule has 7 nitrogen and oxygen atoms in total. The van der Waals surface area contributed by atoms with Gasteiger partial charge in [-0.2, -0.15) is 0 Å². The summed E-state index contributed by atoms with van der Waals surface area (Å²) in [6, 6.07) is 8.55. The molecule has 0 spiro atoms. The van der Waals surface area contributed by atoms with E-state index in [0.717, 1.165) is 18.4 Å². The van der Waals surface area contributed by atoms with Crippen LogP contribution in [0.15, 0.2) is 76.8 Å². The van der Waals surface area contributed by atoms with Gasteiger partial charge in [0.15, 0.2) is 11.4 Å². The number of aliphatic hydroxyl groups is 2. The van der Waals surface area contributed by atoms with Crippen molar-refractivity contribution in [2.45, 2.75) is 52.6 Å². The summed E-state index contributed by atoms with van der Waals surface area (Å²) in [6.07, 6.45) is 11.6. The van der Waals surface area contributed by atoms with Crippen molar-refractivity contribution in [3.8, 4) is 11.4 Å². The van der Waals surface area contributed by atoms with Gasteiger partial charge in [-0.1, -0.05) is 42.4 Å². The predicted molar refractivity (Wildman–Crippen MR) is 147 cm³/mol. The molecule has 0 fully saturated rings. The molecule has 37 heavy (non-hydrogen) atoms. The highest BCUT2D eigenvalue weighted by molar-refractivity contribution is 6.07. The zero-order valence-electron chi connectivity index (χ0n) is 22.4. The van der Waals surface area contributed by atoms with Gasteiger partial charge in [0.1, 0.15) is 0 Å². The van der Waals surface area contributed by atoms with Crippen molar-refractivity contribution >= 4 is 11.6 Å². The van der Waals surface area contributed by atoms with E-state index in [0.29, 0.717) is 29.9 Å². The minimum Gasteiger partial charge on any atom is -0.491 e. The number of carbonyl (C=O) groups excluding carboxylic acids is 1. The molecule has 1 amide bonds. The summed E-state index contributed by atoms with van der Waals surface area (Å²) in [5.74, 6) is -0.771. The van der Waals surface area contributed by atoms with E-state index < -0.39 is 17.4 Å². The molecule has 198 valence electrons. The number of hydrogen-bond donors (Lipinski definition) is 2. The Morgan fingerprint density at radius 2 is 1.89 bits per heavy atom. The van der Waals surface area contributed by atoms with E-state index in [1.54, 1.807) is 60.5 Å². The molecule has 2 aromatic rings. The molecule has 2 atom stereocenters. The Kier molecular flexibility index (Phi) is 9.29. The van der Waals surface area contributed by atoms with E-state index in [1.165, 1.54) is 17.3 Å². The first-order valence-electron chi connectivity index (χ1n) is 12.7. The van der Waals surface area contributed by atoms with Crippen LogP contribution in [0.5, 0.6) is 5.75 Å². The quantitative estimate of drug-likeness (QED) is 0.433. The molecule has 1 aromatic heterocycles. The summed E-state index contributed by atoms with van der Waals surface area (Å²) in [5, 5.41) is 21.1. The molecule has 0 unspecified atom stereocenters. The van der Waals surface area contributed by atoms with Gasteiger partial charge in [-0.05, 0) is 70.4 Å². The van der Waals surface area contributed by atoms with Gasteiger partial charge in [0.25, 0.3) is 11.5 Å². The lowest BCUT2D eigenvalue weighted by Crippen LogP contribution is -2.44. The van der Waals surface area contributed by atoms with Crippen LogP contribution in [-0.2, 0) is 10.4 Å². The van der Waals surface area contributed by atoms with Gasteiger partial charge in [0.2, 0.25) is 0 Å². The first-order valence-corrected chi connectivity index (χ1v) is 12.7. The van der Waals surface area contributed by atoms with Crippen LogP contribution in [0, 0.1) is 5.92 Å². The van der Waals surface area contributed by atoms with Crippen LogP contribution in [0.25, 0.3) is 5.69 Å². The lowest BCUT2D eigenvalue weighted by molar-refractivity contribution is -0.139. The Morgan fingerprint density at radius 1 is 1.14 bits per heavy atom. The number of rotatable bonds is 11. The molecule has 3 rings (SSSR count). The van der Waals surface area contributed by atoms with Crippen molar-refractivity contribution in [1.29, 1.82) is 0 Å². The Labute approximate surface area is 219 Å². The fourth-order valence-corrected chi connectivity index (χ4v) is 4.55.